The number of rotatable bonds is 2. The molecule has 6 heteroatoms. The molecule has 0 bridgehead atoms. The van der Waals surface area contributed by atoms with Gasteiger partial charge in [0, 0.05) is 11.6 Å². The lowest BCUT2D eigenvalue weighted by molar-refractivity contribution is -0.118. The van der Waals surface area contributed by atoms with Gasteiger partial charge in [0.25, 0.3) is 11.8 Å². The number of nitrogens with zero attached hydrogens (tertiary/aromatic N) is 3. The van der Waals surface area contributed by atoms with E-state index < -0.39 is 11.7 Å². The fourth-order valence-electron chi connectivity index (χ4n) is 2.51. The molecule has 0 spiro atoms. The summed E-state index contributed by atoms with van der Waals surface area (Å²) in [4.78, 5) is 19.6. The van der Waals surface area contributed by atoms with E-state index in [0.717, 1.165) is 5.39 Å². The summed E-state index contributed by atoms with van der Waals surface area (Å²) in [5.74, 6) is -1.29. The van der Waals surface area contributed by atoms with Crippen molar-refractivity contribution in [1.82, 2.24) is 10.1 Å². The molecule has 0 aliphatic carbocycles. The first-order valence-corrected chi connectivity index (χ1v) is 7.00. The van der Waals surface area contributed by atoms with Crippen LogP contribution in [0.25, 0.3) is 22.2 Å². The molecule has 3 aromatic rings. The van der Waals surface area contributed by atoms with E-state index in [-0.39, 0.29) is 23.2 Å². The van der Waals surface area contributed by atoms with Crippen LogP contribution in [0.4, 0.5) is 4.39 Å². The SMILES string of the molecule is O=C1N=CC=CC1c1noc(-c2ccc3ccccc3c2F)n1. The second-order valence-corrected chi connectivity index (χ2v) is 5.08. The highest BCUT2D eigenvalue weighted by molar-refractivity contribution is 5.97. The van der Waals surface area contributed by atoms with E-state index in [2.05, 4.69) is 15.1 Å². The van der Waals surface area contributed by atoms with Crippen molar-refractivity contribution in [2.45, 2.75) is 5.92 Å². The Bertz CT molecular complexity index is 975. The summed E-state index contributed by atoms with van der Waals surface area (Å²) >= 11 is 0. The zero-order valence-corrected chi connectivity index (χ0v) is 11.8. The smallest absolute Gasteiger partial charge is 0.260 e. The average molecular weight is 307 g/mol. The molecule has 2 heterocycles. The summed E-state index contributed by atoms with van der Waals surface area (Å²) in [7, 11) is 0. The minimum atomic E-state index is -0.694. The Kier molecular flexibility index (Phi) is 3.08. The molecule has 23 heavy (non-hydrogen) atoms. The largest absolute Gasteiger partial charge is 0.334 e. The number of carbonyl (C=O) groups is 1. The summed E-state index contributed by atoms with van der Waals surface area (Å²) in [6.07, 6.45) is 4.67. The van der Waals surface area contributed by atoms with E-state index in [1.807, 2.05) is 12.1 Å². The van der Waals surface area contributed by atoms with Crippen molar-refractivity contribution >= 4 is 22.9 Å². The Morgan fingerprint density at radius 2 is 2.00 bits per heavy atom. The molecule has 0 N–H and O–H groups in total. The highest BCUT2D eigenvalue weighted by Crippen LogP contribution is 2.29. The Balaban J connectivity index is 1.77. The van der Waals surface area contributed by atoms with Gasteiger partial charge in [-0.05, 0) is 17.5 Å². The van der Waals surface area contributed by atoms with Crippen LogP contribution in [0.2, 0.25) is 0 Å². The molecule has 112 valence electrons. The predicted molar refractivity (Wildman–Crippen MR) is 82.6 cm³/mol. The van der Waals surface area contributed by atoms with E-state index in [1.54, 1.807) is 36.4 Å². The van der Waals surface area contributed by atoms with Crippen molar-refractivity contribution in [3.63, 3.8) is 0 Å². The summed E-state index contributed by atoms with van der Waals surface area (Å²) in [5, 5.41) is 5.05. The Morgan fingerprint density at radius 1 is 1.13 bits per heavy atom. The highest BCUT2D eigenvalue weighted by Gasteiger charge is 2.25. The minimum Gasteiger partial charge on any atom is -0.334 e. The van der Waals surface area contributed by atoms with Crippen LogP contribution in [0.15, 0.2) is 58.1 Å². The summed E-state index contributed by atoms with van der Waals surface area (Å²) < 4.78 is 19.8. The first kappa shape index (κ1) is 13.5. The van der Waals surface area contributed by atoms with Crippen LogP contribution in [-0.2, 0) is 4.79 Å². The van der Waals surface area contributed by atoms with Gasteiger partial charge in [0.2, 0.25) is 0 Å². The van der Waals surface area contributed by atoms with Crippen molar-refractivity contribution in [2.75, 3.05) is 0 Å². The first-order valence-electron chi connectivity index (χ1n) is 7.00. The van der Waals surface area contributed by atoms with Crippen LogP contribution < -0.4 is 0 Å². The first-order chi connectivity index (χ1) is 11.2. The van der Waals surface area contributed by atoms with Crippen LogP contribution in [0, 0.1) is 5.82 Å². The lowest BCUT2D eigenvalue weighted by Crippen LogP contribution is -2.12. The topological polar surface area (TPSA) is 68.3 Å². The van der Waals surface area contributed by atoms with Crippen molar-refractivity contribution in [3.8, 4) is 11.5 Å². The molecule has 0 saturated carbocycles. The van der Waals surface area contributed by atoms with Gasteiger partial charge in [0.1, 0.15) is 11.7 Å². The maximum Gasteiger partial charge on any atom is 0.260 e. The van der Waals surface area contributed by atoms with Crippen molar-refractivity contribution in [3.05, 3.63) is 60.2 Å². The van der Waals surface area contributed by atoms with Crippen LogP contribution in [0.1, 0.15) is 11.7 Å². The number of aliphatic imine (C=N–C) groups is 1. The number of allylic oxidation sites excluding steroid dienone is 1. The van der Waals surface area contributed by atoms with Crippen molar-refractivity contribution in [1.29, 1.82) is 0 Å². The third-order valence-electron chi connectivity index (χ3n) is 3.67. The van der Waals surface area contributed by atoms with Gasteiger partial charge in [0.05, 0.1) is 5.56 Å². The van der Waals surface area contributed by atoms with Gasteiger partial charge < -0.3 is 4.52 Å². The molecule has 0 saturated heterocycles. The zero-order valence-electron chi connectivity index (χ0n) is 11.8. The van der Waals surface area contributed by atoms with Gasteiger partial charge in [-0.1, -0.05) is 41.6 Å². The van der Waals surface area contributed by atoms with Crippen molar-refractivity contribution < 1.29 is 13.7 Å². The molecule has 1 aliphatic heterocycles. The molecule has 4 rings (SSSR count). The third-order valence-corrected chi connectivity index (χ3v) is 3.67. The molecule has 1 amide bonds. The average Bonchev–Trinajstić information content (AvgIpc) is 3.05. The van der Waals surface area contributed by atoms with Crippen molar-refractivity contribution in [2.24, 2.45) is 4.99 Å². The molecule has 0 fully saturated rings. The van der Waals surface area contributed by atoms with Gasteiger partial charge in [0.15, 0.2) is 5.82 Å². The van der Waals surface area contributed by atoms with E-state index in [4.69, 9.17) is 4.52 Å². The summed E-state index contributed by atoms with van der Waals surface area (Å²) in [6, 6.07) is 10.5. The lowest BCUT2D eigenvalue weighted by Gasteiger charge is -2.05. The molecular weight excluding hydrogens is 297 g/mol. The summed E-state index contributed by atoms with van der Waals surface area (Å²) in [6.45, 7) is 0. The van der Waals surface area contributed by atoms with Gasteiger partial charge in [-0.3, -0.25) is 4.79 Å². The fourth-order valence-corrected chi connectivity index (χ4v) is 2.51. The number of aromatic nitrogens is 2. The normalized spacial score (nSPS) is 17.1. The number of hydrogen-bond donors (Lipinski definition) is 0. The highest BCUT2D eigenvalue weighted by atomic mass is 19.1. The number of carbonyl (C=O) groups excluding carboxylic acids is 1. The standard InChI is InChI=1S/C17H10FN3O2/c18-14-11-5-2-1-4-10(11)7-8-12(14)17-20-15(21-23-17)13-6-3-9-19-16(13)22/h1-9,13H. The zero-order chi connectivity index (χ0) is 15.8. The maximum atomic E-state index is 14.7. The predicted octanol–water partition coefficient (Wildman–Crippen LogP) is 3.28. The Morgan fingerprint density at radius 3 is 2.87 bits per heavy atom. The Hall–Kier alpha value is -3.15. The molecule has 2 aromatic carbocycles. The van der Waals surface area contributed by atoms with E-state index >= 15 is 0 Å². The van der Waals surface area contributed by atoms with Crippen LogP contribution >= 0.6 is 0 Å². The van der Waals surface area contributed by atoms with Crippen LogP contribution in [0.5, 0.6) is 0 Å². The van der Waals surface area contributed by atoms with Crippen LogP contribution in [-0.4, -0.2) is 22.3 Å². The molecule has 1 aliphatic rings. The minimum absolute atomic E-state index is 0.0407. The number of hydrogen-bond acceptors (Lipinski definition) is 4. The number of benzene rings is 2. The third kappa shape index (κ3) is 2.24. The second kappa shape index (κ2) is 5.24. The molecule has 5 nitrogen and oxygen atoms in total. The lowest BCUT2D eigenvalue weighted by atomic mass is 10.1. The van der Waals surface area contributed by atoms with Gasteiger partial charge in [-0.2, -0.15) is 4.98 Å². The quantitative estimate of drug-likeness (QED) is 0.728. The van der Waals surface area contributed by atoms with Gasteiger partial charge >= 0.3 is 0 Å². The molecular formula is C17H10FN3O2. The van der Waals surface area contributed by atoms with Gasteiger partial charge in [-0.15, -0.1) is 0 Å². The second-order valence-electron chi connectivity index (χ2n) is 5.08. The summed E-state index contributed by atoms with van der Waals surface area (Å²) in [5.41, 5.74) is 0.207. The molecule has 1 unspecified atom stereocenters. The van der Waals surface area contributed by atoms with E-state index in [9.17, 15) is 9.18 Å². The number of fused-ring (bicyclic) bond motifs is 1. The maximum absolute atomic E-state index is 14.7. The monoisotopic (exact) mass is 307 g/mol. The number of halogens is 1. The molecule has 1 aromatic heterocycles. The van der Waals surface area contributed by atoms with Crippen LogP contribution in [0.3, 0.4) is 0 Å². The van der Waals surface area contributed by atoms with E-state index in [1.165, 1.54) is 6.21 Å². The Labute approximate surface area is 130 Å². The van der Waals surface area contributed by atoms with Gasteiger partial charge in [-0.25, -0.2) is 9.38 Å². The number of amides is 1. The molecule has 0 radical (unpaired) electrons. The van der Waals surface area contributed by atoms with E-state index in [0.29, 0.717) is 5.39 Å². The fraction of sp³-hybridized carbons (Fsp3) is 0.0588. The molecule has 1 atom stereocenters. The number of dihydropyridines is 1.